The first-order valence-electron chi connectivity index (χ1n) is 8.74. The second-order valence-electron chi connectivity index (χ2n) is 6.48. The Hall–Kier alpha value is -2.88. The number of para-hydroxylation sites is 1. The van der Waals surface area contributed by atoms with Crippen LogP contribution in [0.5, 0.6) is 0 Å². The van der Waals surface area contributed by atoms with Crippen LogP contribution in [-0.4, -0.2) is 24.7 Å². The predicted octanol–water partition coefficient (Wildman–Crippen LogP) is 4.09. The Kier molecular flexibility index (Phi) is 4.10. The number of nitrogens with zero attached hydrogens (tertiary/aromatic N) is 3. The lowest BCUT2D eigenvalue weighted by molar-refractivity contribution is -0.114. The minimum absolute atomic E-state index is 0.0766. The van der Waals surface area contributed by atoms with Crippen LogP contribution in [0.3, 0.4) is 0 Å². The Morgan fingerprint density at radius 1 is 0.920 bits per heavy atom. The smallest absolute Gasteiger partial charge is 0.280 e. The van der Waals surface area contributed by atoms with Gasteiger partial charge in [-0.3, -0.25) is 4.79 Å². The molecule has 1 saturated heterocycles. The van der Waals surface area contributed by atoms with Gasteiger partial charge in [0.1, 0.15) is 0 Å². The van der Waals surface area contributed by atoms with E-state index in [1.807, 2.05) is 43.3 Å². The third-order valence-corrected chi connectivity index (χ3v) is 4.74. The second kappa shape index (κ2) is 6.55. The van der Waals surface area contributed by atoms with Gasteiger partial charge in [-0.1, -0.05) is 30.3 Å². The summed E-state index contributed by atoms with van der Waals surface area (Å²) in [5.41, 5.74) is 4.47. The van der Waals surface area contributed by atoms with Crippen molar-refractivity contribution in [2.45, 2.75) is 19.8 Å². The van der Waals surface area contributed by atoms with E-state index in [1.54, 1.807) is 0 Å². The zero-order valence-electron chi connectivity index (χ0n) is 14.4. The van der Waals surface area contributed by atoms with E-state index in [2.05, 4.69) is 34.3 Å². The van der Waals surface area contributed by atoms with E-state index in [1.165, 1.54) is 23.5 Å². The van der Waals surface area contributed by atoms with E-state index in [4.69, 9.17) is 0 Å². The van der Waals surface area contributed by atoms with Gasteiger partial charge in [0.2, 0.25) is 0 Å². The van der Waals surface area contributed by atoms with Crippen molar-refractivity contribution >= 4 is 29.1 Å². The van der Waals surface area contributed by atoms with Crippen LogP contribution in [-0.2, 0) is 4.79 Å². The van der Waals surface area contributed by atoms with E-state index in [-0.39, 0.29) is 5.91 Å². The van der Waals surface area contributed by atoms with Gasteiger partial charge in [-0.05, 0) is 55.7 Å². The topological polar surface area (TPSA) is 35.9 Å². The van der Waals surface area contributed by atoms with Crippen LogP contribution in [0.25, 0.3) is 6.08 Å². The number of hydrazone groups is 1. The summed E-state index contributed by atoms with van der Waals surface area (Å²) in [4.78, 5) is 15.1. The van der Waals surface area contributed by atoms with Gasteiger partial charge in [-0.25, -0.2) is 0 Å². The molecule has 4 rings (SSSR count). The summed E-state index contributed by atoms with van der Waals surface area (Å²) in [7, 11) is 0. The van der Waals surface area contributed by atoms with Crippen LogP contribution >= 0.6 is 0 Å². The Balaban J connectivity index is 1.57. The number of carbonyl (C=O) groups is 1. The van der Waals surface area contributed by atoms with Gasteiger partial charge in [0.05, 0.1) is 17.0 Å². The molecular formula is C21H21N3O. The van der Waals surface area contributed by atoms with Crippen molar-refractivity contribution in [1.82, 2.24) is 0 Å². The molecule has 1 fully saturated rings. The number of anilines is 2. The average molecular weight is 331 g/mol. The maximum Gasteiger partial charge on any atom is 0.280 e. The third-order valence-electron chi connectivity index (χ3n) is 4.74. The normalized spacial score (nSPS) is 19.0. The molecule has 4 heteroatoms. The summed E-state index contributed by atoms with van der Waals surface area (Å²) in [5, 5.41) is 5.89. The van der Waals surface area contributed by atoms with Crippen LogP contribution in [0.1, 0.15) is 25.3 Å². The van der Waals surface area contributed by atoms with E-state index >= 15 is 0 Å². The molecule has 0 aliphatic carbocycles. The van der Waals surface area contributed by atoms with Crippen LogP contribution < -0.4 is 9.91 Å². The summed E-state index contributed by atoms with van der Waals surface area (Å²) in [6, 6.07) is 18.0. The predicted molar refractivity (Wildman–Crippen MR) is 103 cm³/mol. The van der Waals surface area contributed by atoms with Gasteiger partial charge >= 0.3 is 0 Å². The summed E-state index contributed by atoms with van der Waals surface area (Å²) >= 11 is 0. The maximum atomic E-state index is 12.7. The van der Waals surface area contributed by atoms with Gasteiger partial charge in [-0.15, -0.1) is 0 Å². The zero-order chi connectivity index (χ0) is 17.2. The van der Waals surface area contributed by atoms with Gasteiger partial charge in [0, 0.05) is 18.8 Å². The minimum atomic E-state index is -0.0766. The molecule has 0 radical (unpaired) electrons. The minimum Gasteiger partial charge on any atom is -0.372 e. The van der Waals surface area contributed by atoms with Crippen molar-refractivity contribution in [2.24, 2.45) is 5.10 Å². The van der Waals surface area contributed by atoms with Crippen molar-refractivity contribution in [3.8, 4) is 0 Å². The monoisotopic (exact) mass is 331 g/mol. The number of amides is 1. The van der Waals surface area contributed by atoms with Crippen LogP contribution in [0.4, 0.5) is 11.4 Å². The van der Waals surface area contributed by atoms with Crippen LogP contribution in [0.15, 0.2) is 65.3 Å². The molecule has 2 heterocycles. The lowest BCUT2D eigenvalue weighted by Crippen LogP contribution is -2.21. The first-order valence-corrected chi connectivity index (χ1v) is 8.74. The van der Waals surface area contributed by atoms with Crippen molar-refractivity contribution in [1.29, 1.82) is 0 Å². The molecule has 2 aliphatic heterocycles. The summed E-state index contributed by atoms with van der Waals surface area (Å²) in [6.07, 6.45) is 4.47. The van der Waals surface area contributed by atoms with Crippen LogP contribution in [0, 0.1) is 0 Å². The SMILES string of the molecule is CC1=NN(c2ccccc2)C(=O)C1=Cc1ccc(N2CCCC2)cc1. The Morgan fingerprint density at radius 3 is 2.28 bits per heavy atom. The molecule has 0 N–H and O–H groups in total. The van der Waals surface area contributed by atoms with Crippen molar-refractivity contribution in [3.05, 3.63) is 65.7 Å². The number of carbonyl (C=O) groups excluding carboxylic acids is 1. The number of hydrogen-bond donors (Lipinski definition) is 0. The van der Waals surface area contributed by atoms with E-state index in [0.717, 1.165) is 30.1 Å². The molecule has 0 aromatic heterocycles. The highest BCUT2D eigenvalue weighted by atomic mass is 16.2. The fraction of sp³-hybridized carbons (Fsp3) is 0.238. The van der Waals surface area contributed by atoms with E-state index in [0.29, 0.717) is 5.57 Å². The first kappa shape index (κ1) is 15.6. The highest BCUT2D eigenvalue weighted by Gasteiger charge is 2.28. The average Bonchev–Trinajstić information content (AvgIpc) is 3.27. The van der Waals surface area contributed by atoms with Crippen molar-refractivity contribution in [2.75, 3.05) is 23.0 Å². The zero-order valence-corrected chi connectivity index (χ0v) is 14.4. The highest BCUT2D eigenvalue weighted by Crippen LogP contribution is 2.26. The van der Waals surface area contributed by atoms with E-state index in [9.17, 15) is 4.79 Å². The number of rotatable bonds is 3. The van der Waals surface area contributed by atoms with Crippen molar-refractivity contribution < 1.29 is 4.79 Å². The molecule has 0 spiro atoms. The largest absolute Gasteiger partial charge is 0.372 e. The summed E-state index contributed by atoms with van der Waals surface area (Å²) < 4.78 is 0. The molecule has 4 nitrogen and oxygen atoms in total. The lowest BCUT2D eigenvalue weighted by atomic mass is 10.1. The first-order chi connectivity index (χ1) is 12.2. The molecule has 1 amide bonds. The number of hydrogen-bond acceptors (Lipinski definition) is 3. The summed E-state index contributed by atoms with van der Waals surface area (Å²) in [5.74, 6) is -0.0766. The Bertz CT molecular complexity index is 831. The fourth-order valence-electron chi connectivity index (χ4n) is 3.35. The van der Waals surface area contributed by atoms with Gasteiger partial charge in [0.25, 0.3) is 5.91 Å². The molecule has 0 saturated carbocycles. The molecule has 2 aliphatic rings. The molecule has 2 aromatic carbocycles. The maximum absolute atomic E-state index is 12.7. The van der Waals surface area contributed by atoms with Gasteiger partial charge < -0.3 is 4.90 Å². The lowest BCUT2D eigenvalue weighted by Gasteiger charge is -2.17. The molecule has 126 valence electrons. The standard InChI is InChI=1S/C21H21N3O/c1-16-20(21(25)24(22-16)19-7-3-2-4-8-19)15-17-9-11-18(12-10-17)23-13-5-6-14-23/h2-4,7-12,15H,5-6,13-14H2,1H3. The molecular weight excluding hydrogens is 310 g/mol. The van der Waals surface area contributed by atoms with E-state index < -0.39 is 0 Å². The van der Waals surface area contributed by atoms with Gasteiger partial charge in [-0.2, -0.15) is 10.1 Å². The quantitative estimate of drug-likeness (QED) is 0.794. The van der Waals surface area contributed by atoms with Gasteiger partial charge in [0.15, 0.2) is 0 Å². The highest BCUT2D eigenvalue weighted by molar-refractivity contribution is 6.32. The molecule has 0 unspecified atom stereocenters. The second-order valence-corrected chi connectivity index (χ2v) is 6.48. The number of benzene rings is 2. The fourth-order valence-corrected chi connectivity index (χ4v) is 3.35. The molecule has 0 bridgehead atoms. The molecule has 2 aromatic rings. The third kappa shape index (κ3) is 3.07. The van der Waals surface area contributed by atoms with Crippen LogP contribution in [0.2, 0.25) is 0 Å². The molecule has 25 heavy (non-hydrogen) atoms. The summed E-state index contributed by atoms with van der Waals surface area (Å²) in [6.45, 7) is 4.15. The Labute approximate surface area is 148 Å². The molecule has 0 atom stereocenters. The van der Waals surface area contributed by atoms with Crippen molar-refractivity contribution in [3.63, 3.8) is 0 Å². The Morgan fingerprint density at radius 2 is 1.60 bits per heavy atom.